The van der Waals surface area contributed by atoms with Gasteiger partial charge in [-0.15, -0.1) is 0 Å². The van der Waals surface area contributed by atoms with Crippen molar-refractivity contribution < 1.29 is 17.9 Å². The molecule has 8 heteroatoms. The highest BCUT2D eigenvalue weighted by Gasteiger charge is 2.18. The molecule has 0 amide bonds. The summed E-state index contributed by atoms with van der Waals surface area (Å²) in [7, 11) is -0.480. The number of nitrogens with zero attached hydrogens (tertiary/aromatic N) is 1. The monoisotopic (exact) mass is 463 g/mol. The Kier molecular flexibility index (Phi) is 6.48. The van der Waals surface area contributed by atoms with E-state index in [0.29, 0.717) is 0 Å². The lowest BCUT2D eigenvalue weighted by atomic mass is 10.1. The van der Waals surface area contributed by atoms with Crippen molar-refractivity contribution in [1.29, 1.82) is 0 Å². The minimum atomic E-state index is -3.69. The van der Waals surface area contributed by atoms with E-state index in [-0.39, 0.29) is 10.9 Å². The average molecular weight is 464 g/mol. The lowest BCUT2D eigenvalue weighted by Gasteiger charge is -2.16. The Labute approximate surface area is 193 Å². The predicted molar refractivity (Wildman–Crippen MR) is 130 cm³/mol. The lowest BCUT2D eigenvalue weighted by Crippen LogP contribution is -2.26. The van der Waals surface area contributed by atoms with Crippen molar-refractivity contribution in [3.05, 3.63) is 84.6 Å². The van der Waals surface area contributed by atoms with Gasteiger partial charge in [0.15, 0.2) is 0 Å². The minimum Gasteiger partial charge on any atom is -0.497 e. The van der Waals surface area contributed by atoms with Crippen LogP contribution in [-0.4, -0.2) is 27.6 Å². The van der Waals surface area contributed by atoms with E-state index >= 15 is 0 Å². The summed E-state index contributed by atoms with van der Waals surface area (Å²) in [5.41, 5.74) is 3.28. The molecule has 0 spiro atoms. The molecule has 4 aromatic rings. The average Bonchev–Trinajstić information content (AvgIpc) is 2.84. The Hall–Kier alpha value is -3.62. The summed E-state index contributed by atoms with van der Waals surface area (Å²) in [6.07, 6.45) is 1.72. The van der Waals surface area contributed by atoms with Gasteiger partial charge in [-0.1, -0.05) is 12.1 Å². The summed E-state index contributed by atoms with van der Waals surface area (Å²) in [4.78, 5) is 4.58. The number of fused-ring (bicyclic) bond motifs is 1. The third kappa shape index (κ3) is 5.08. The Morgan fingerprint density at radius 3 is 2.18 bits per heavy atom. The van der Waals surface area contributed by atoms with E-state index in [0.717, 1.165) is 39.3 Å². The first kappa shape index (κ1) is 22.6. The molecule has 0 radical (unpaired) electrons. The lowest BCUT2D eigenvalue weighted by molar-refractivity contribution is 0.414. The van der Waals surface area contributed by atoms with Crippen molar-refractivity contribution in [1.82, 2.24) is 9.71 Å². The molecular formula is C25H25N3O4S. The van der Waals surface area contributed by atoms with Crippen molar-refractivity contribution in [3.8, 4) is 11.5 Å². The van der Waals surface area contributed by atoms with Crippen molar-refractivity contribution in [2.75, 3.05) is 19.5 Å². The number of aromatic nitrogens is 1. The molecule has 0 aliphatic heterocycles. The molecule has 0 fully saturated rings. The summed E-state index contributed by atoms with van der Waals surface area (Å²) in [6, 6.07) is 21.1. The van der Waals surface area contributed by atoms with Crippen LogP contribution in [-0.2, 0) is 10.0 Å². The van der Waals surface area contributed by atoms with E-state index in [2.05, 4.69) is 15.0 Å². The van der Waals surface area contributed by atoms with Gasteiger partial charge in [-0.3, -0.25) is 4.98 Å². The van der Waals surface area contributed by atoms with Crippen molar-refractivity contribution in [2.45, 2.75) is 17.9 Å². The zero-order valence-electron chi connectivity index (χ0n) is 18.6. The van der Waals surface area contributed by atoms with Crippen LogP contribution in [0.4, 0.5) is 11.4 Å². The second-order valence-electron chi connectivity index (χ2n) is 7.51. The maximum atomic E-state index is 12.9. The smallest absolute Gasteiger partial charge is 0.241 e. The molecule has 4 rings (SSSR count). The molecule has 0 aliphatic carbocycles. The molecule has 1 atom stereocenters. The van der Waals surface area contributed by atoms with Gasteiger partial charge < -0.3 is 14.8 Å². The number of methoxy groups -OCH3 is 2. The number of hydrogen-bond acceptors (Lipinski definition) is 6. The van der Waals surface area contributed by atoms with Gasteiger partial charge in [-0.25, -0.2) is 13.1 Å². The van der Waals surface area contributed by atoms with E-state index in [4.69, 9.17) is 9.47 Å². The number of benzene rings is 3. The third-order valence-corrected chi connectivity index (χ3v) is 6.90. The van der Waals surface area contributed by atoms with Gasteiger partial charge in [0.1, 0.15) is 11.5 Å². The van der Waals surface area contributed by atoms with Gasteiger partial charge in [-0.05, 0) is 67.1 Å². The van der Waals surface area contributed by atoms with E-state index in [1.54, 1.807) is 63.7 Å². The van der Waals surface area contributed by atoms with Crippen LogP contribution in [0.25, 0.3) is 10.9 Å². The molecular weight excluding hydrogens is 438 g/mol. The van der Waals surface area contributed by atoms with Crippen LogP contribution in [0.1, 0.15) is 18.5 Å². The zero-order chi connectivity index (χ0) is 23.4. The first-order valence-corrected chi connectivity index (χ1v) is 11.8. The van der Waals surface area contributed by atoms with E-state index < -0.39 is 10.0 Å². The Morgan fingerprint density at radius 2 is 1.52 bits per heavy atom. The molecule has 1 aromatic heterocycles. The summed E-state index contributed by atoms with van der Waals surface area (Å²) in [5, 5.41) is 4.27. The van der Waals surface area contributed by atoms with Gasteiger partial charge in [0.05, 0.1) is 24.6 Å². The van der Waals surface area contributed by atoms with Crippen LogP contribution in [0.15, 0.2) is 83.9 Å². The molecule has 33 heavy (non-hydrogen) atoms. The standard InChI is InChI=1S/C25H25N3O4S/c1-17(18-4-8-20(31-2)9-5-18)28-33(29,30)22-11-6-19(7-12-22)27-24-14-15-26-25-16-21(32-3)10-13-23(24)25/h4-17,28H,1-3H3,(H,26,27)/t17-/m1/s1. The number of sulfonamides is 1. The fourth-order valence-corrected chi connectivity index (χ4v) is 4.73. The van der Waals surface area contributed by atoms with Gasteiger partial charge >= 0.3 is 0 Å². The highest BCUT2D eigenvalue weighted by atomic mass is 32.2. The van der Waals surface area contributed by atoms with Crippen LogP contribution in [0.3, 0.4) is 0 Å². The van der Waals surface area contributed by atoms with Crippen LogP contribution in [0.5, 0.6) is 11.5 Å². The molecule has 0 aliphatic rings. The van der Waals surface area contributed by atoms with Crippen LogP contribution in [0, 0.1) is 0 Å². The van der Waals surface area contributed by atoms with E-state index in [1.165, 1.54) is 0 Å². The second-order valence-corrected chi connectivity index (χ2v) is 9.22. The number of ether oxygens (including phenoxy) is 2. The normalized spacial score (nSPS) is 12.3. The Balaban J connectivity index is 1.50. The van der Waals surface area contributed by atoms with Crippen molar-refractivity contribution >= 4 is 32.3 Å². The summed E-state index contributed by atoms with van der Waals surface area (Å²) < 4.78 is 38.9. The number of rotatable bonds is 8. The van der Waals surface area contributed by atoms with Gasteiger partial charge in [-0.2, -0.15) is 0 Å². The van der Waals surface area contributed by atoms with Crippen LogP contribution < -0.4 is 19.5 Å². The highest BCUT2D eigenvalue weighted by molar-refractivity contribution is 7.89. The fourth-order valence-electron chi connectivity index (χ4n) is 3.50. The first-order valence-electron chi connectivity index (χ1n) is 10.4. The Morgan fingerprint density at radius 1 is 0.848 bits per heavy atom. The van der Waals surface area contributed by atoms with Crippen molar-refractivity contribution in [2.24, 2.45) is 0 Å². The quantitative estimate of drug-likeness (QED) is 0.381. The molecule has 170 valence electrons. The van der Waals surface area contributed by atoms with E-state index in [9.17, 15) is 8.42 Å². The molecule has 7 nitrogen and oxygen atoms in total. The molecule has 3 aromatic carbocycles. The topological polar surface area (TPSA) is 89.5 Å². The van der Waals surface area contributed by atoms with E-state index in [1.807, 2.05) is 36.4 Å². The zero-order valence-corrected chi connectivity index (χ0v) is 19.4. The number of pyridine rings is 1. The molecule has 2 N–H and O–H groups in total. The minimum absolute atomic E-state index is 0.192. The van der Waals surface area contributed by atoms with Crippen LogP contribution >= 0.6 is 0 Å². The van der Waals surface area contributed by atoms with Gasteiger partial charge in [0, 0.05) is 35.1 Å². The molecule has 0 saturated heterocycles. The summed E-state index contributed by atoms with van der Waals surface area (Å²) in [6.45, 7) is 1.80. The summed E-state index contributed by atoms with van der Waals surface area (Å²) >= 11 is 0. The summed E-state index contributed by atoms with van der Waals surface area (Å²) in [5.74, 6) is 1.45. The third-order valence-electron chi connectivity index (χ3n) is 5.34. The van der Waals surface area contributed by atoms with Crippen molar-refractivity contribution in [3.63, 3.8) is 0 Å². The highest BCUT2D eigenvalue weighted by Crippen LogP contribution is 2.28. The molecule has 1 heterocycles. The maximum absolute atomic E-state index is 12.9. The predicted octanol–water partition coefficient (Wildman–Crippen LogP) is 5.04. The second kappa shape index (κ2) is 9.48. The largest absolute Gasteiger partial charge is 0.497 e. The number of hydrogen-bond donors (Lipinski definition) is 2. The van der Waals surface area contributed by atoms with Gasteiger partial charge in [0.2, 0.25) is 10.0 Å². The molecule has 0 bridgehead atoms. The first-order chi connectivity index (χ1) is 15.9. The molecule has 0 unspecified atom stereocenters. The molecule has 0 saturated carbocycles. The fraction of sp³-hybridized carbons (Fsp3) is 0.160. The SMILES string of the molecule is COc1ccc([C@@H](C)NS(=O)(=O)c2ccc(Nc3ccnc4cc(OC)ccc34)cc2)cc1. The number of anilines is 2. The Bertz CT molecular complexity index is 1360. The van der Waals surface area contributed by atoms with Gasteiger partial charge in [0.25, 0.3) is 0 Å². The maximum Gasteiger partial charge on any atom is 0.241 e. The van der Waals surface area contributed by atoms with Crippen LogP contribution in [0.2, 0.25) is 0 Å². The number of nitrogens with one attached hydrogen (secondary N) is 2.